The van der Waals surface area contributed by atoms with Crippen molar-refractivity contribution in [2.45, 2.75) is 39.8 Å². The van der Waals surface area contributed by atoms with Crippen LogP contribution in [0.3, 0.4) is 0 Å². The number of anilines is 1. The van der Waals surface area contributed by atoms with Crippen molar-refractivity contribution in [3.05, 3.63) is 33.7 Å². The fraction of sp³-hybridized carbons (Fsp3) is 0.588. The Balaban J connectivity index is 2.14. The summed E-state index contributed by atoms with van der Waals surface area (Å²) in [4.78, 5) is 18.9. The fourth-order valence-electron chi connectivity index (χ4n) is 2.85. The van der Waals surface area contributed by atoms with Gasteiger partial charge in [0.2, 0.25) is 0 Å². The maximum absolute atomic E-state index is 12.2. The molecule has 1 saturated heterocycles. The Bertz CT molecular complexity index is 683. The van der Waals surface area contributed by atoms with Gasteiger partial charge in [-0.1, -0.05) is 5.11 Å². The first-order valence-corrected chi connectivity index (χ1v) is 8.36. The molecule has 25 heavy (non-hydrogen) atoms. The van der Waals surface area contributed by atoms with Crippen molar-refractivity contribution in [3.8, 4) is 0 Å². The summed E-state index contributed by atoms with van der Waals surface area (Å²) < 4.78 is 5.43. The van der Waals surface area contributed by atoms with E-state index in [9.17, 15) is 4.79 Å². The molecular weight excluding hydrogens is 320 g/mol. The van der Waals surface area contributed by atoms with Crippen molar-refractivity contribution in [1.82, 2.24) is 4.90 Å². The van der Waals surface area contributed by atoms with Gasteiger partial charge in [-0.2, -0.15) is 0 Å². The molecule has 1 aromatic carbocycles. The van der Waals surface area contributed by atoms with E-state index >= 15 is 0 Å². The number of piperazine rings is 1. The van der Waals surface area contributed by atoms with E-state index in [4.69, 9.17) is 16.0 Å². The van der Waals surface area contributed by atoms with E-state index in [1.807, 2.05) is 39.8 Å². The number of nitrogens with zero attached hydrogens (tertiary/aromatic N) is 5. The van der Waals surface area contributed by atoms with Gasteiger partial charge in [-0.25, -0.2) is 4.79 Å². The first kappa shape index (κ1) is 18.9. The summed E-state index contributed by atoms with van der Waals surface area (Å²) in [5.74, 6) is 0. The number of amides is 1. The standard InChI is InChI=1S/C17H26N6O2/c1-12-13(11-18)9-14(20-21-19)10-15(12)22-5-7-23(8-6-22)16(24)25-17(2,3)4/h9-10H,5-8,11,18H2,1-4H3. The monoisotopic (exact) mass is 346 g/mol. The summed E-state index contributed by atoms with van der Waals surface area (Å²) in [7, 11) is 0. The number of benzene rings is 1. The Labute approximate surface area is 148 Å². The molecule has 8 nitrogen and oxygen atoms in total. The van der Waals surface area contributed by atoms with Gasteiger partial charge in [0.15, 0.2) is 0 Å². The molecule has 2 rings (SSSR count). The quantitative estimate of drug-likeness (QED) is 0.513. The van der Waals surface area contributed by atoms with Gasteiger partial charge in [0, 0.05) is 49.0 Å². The van der Waals surface area contributed by atoms with Gasteiger partial charge in [0.25, 0.3) is 0 Å². The van der Waals surface area contributed by atoms with Crippen molar-refractivity contribution in [1.29, 1.82) is 0 Å². The number of ether oxygens (including phenoxy) is 1. The van der Waals surface area contributed by atoms with Crippen LogP contribution in [-0.4, -0.2) is 42.8 Å². The maximum Gasteiger partial charge on any atom is 0.410 e. The third-order valence-electron chi connectivity index (χ3n) is 4.12. The molecule has 0 spiro atoms. The van der Waals surface area contributed by atoms with E-state index < -0.39 is 5.60 Å². The number of nitrogens with two attached hydrogens (primary N) is 1. The van der Waals surface area contributed by atoms with Crippen LogP contribution in [0.15, 0.2) is 17.2 Å². The lowest BCUT2D eigenvalue weighted by atomic mass is 10.0. The van der Waals surface area contributed by atoms with Gasteiger partial charge in [0.1, 0.15) is 5.60 Å². The van der Waals surface area contributed by atoms with Crippen molar-refractivity contribution < 1.29 is 9.53 Å². The molecule has 1 aliphatic rings. The molecule has 0 unspecified atom stereocenters. The zero-order valence-corrected chi connectivity index (χ0v) is 15.3. The molecule has 1 fully saturated rings. The van der Waals surface area contributed by atoms with Crippen LogP contribution >= 0.6 is 0 Å². The van der Waals surface area contributed by atoms with E-state index in [1.165, 1.54) is 0 Å². The molecule has 0 atom stereocenters. The SMILES string of the molecule is Cc1c(CN)cc(N=[N+]=[N-])cc1N1CCN(C(=O)OC(C)(C)C)CC1. The molecule has 0 radical (unpaired) electrons. The summed E-state index contributed by atoms with van der Waals surface area (Å²) in [6.07, 6.45) is -0.283. The summed E-state index contributed by atoms with van der Waals surface area (Å²) >= 11 is 0. The smallest absolute Gasteiger partial charge is 0.410 e. The largest absolute Gasteiger partial charge is 0.444 e. The zero-order valence-electron chi connectivity index (χ0n) is 15.3. The second-order valence-electron chi connectivity index (χ2n) is 7.10. The number of hydrogen-bond acceptors (Lipinski definition) is 5. The van der Waals surface area contributed by atoms with Gasteiger partial charge < -0.3 is 20.3 Å². The van der Waals surface area contributed by atoms with Crippen molar-refractivity contribution in [2.24, 2.45) is 10.8 Å². The maximum atomic E-state index is 12.2. The van der Waals surface area contributed by atoms with Crippen LogP contribution in [0, 0.1) is 6.92 Å². The Morgan fingerprint density at radius 3 is 2.48 bits per heavy atom. The van der Waals surface area contributed by atoms with Crippen LogP contribution in [0.5, 0.6) is 0 Å². The predicted octanol–water partition coefficient (Wildman–Crippen LogP) is 3.45. The molecule has 0 saturated carbocycles. The third kappa shape index (κ3) is 4.78. The first-order chi connectivity index (χ1) is 11.7. The number of rotatable bonds is 3. The summed E-state index contributed by atoms with van der Waals surface area (Å²) in [5, 5.41) is 3.71. The second-order valence-corrected chi connectivity index (χ2v) is 7.10. The van der Waals surface area contributed by atoms with Crippen LogP contribution in [0.4, 0.5) is 16.2 Å². The highest BCUT2D eigenvalue weighted by atomic mass is 16.6. The molecule has 0 aliphatic carbocycles. The molecule has 1 amide bonds. The van der Waals surface area contributed by atoms with Gasteiger partial charge in [-0.3, -0.25) is 0 Å². The predicted molar refractivity (Wildman–Crippen MR) is 97.9 cm³/mol. The van der Waals surface area contributed by atoms with E-state index in [-0.39, 0.29) is 6.09 Å². The topological polar surface area (TPSA) is 108 Å². The zero-order chi connectivity index (χ0) is 18.6. The summed E-state index contributed by atoms with van der Waals surface area (Å²) in [6.45, 7) is 10.5. The minimum atomic E-state index is -0.496. The Morgan fingerprint density at radius 2 is 1.96 bits per heavy atom. The highest BCUT2D eigenvalue weighted by molar-refractivity contribution is 5.69. The molecular formula is C17H26N6O2. The second kappa shape index (κ2) is 7.63. The van der Waals surface area contributed by atoms with E-state index in [2.05, 4.69) is 14.9 Å². The van der Waals surface area contributed by atoms with Crippen LogP contribution in [-0.2, 0) is 11.3 Å². The van der Waals surface area contributed by atoms with Gasteiger partial charge in [-0.15, -0.1) is 0 Å². The highest BCUT2D eigenvalue weighted by Crippen LogP contribution is 2.30. The Hall–Kier alpha value is -2.44. The molecule has 1 aliphatic heterocycles. The number of carbonyl (C=O) groups is 1. The average molecular weight is 346 g/mol. The third-order valence-corrected chi connectivity index (χ3v) is 4.12. The first-order valence-electron chi connectivity index (χ1n) is 8.36. The minimum Gasteiger partial charge on any atom is -0.444 e. The fourth-order valence-corrected chi connectivity index (χ4v) is 2.85. The molecule has 2 N–H and O–H groups in total. The van der Waals surface area contributed by atoms with E-state index in [1.54, 1.807) is 4.90 Å². The molecule has 8 heteroatoms. The van der Waals surface area contributed by atoms with E-state index in [0.717, 1.165) is 16.8 Å². The molecule has 136 valence electrons. The van der Waals surface area contributed by atoms with Crippen molar-refractivity contribution in [3.63, 3.8) is 0 Å². The van der Waals surface area contributed by atoms with Crippen molar-refractivity contribution in [2.75, 3.05) is 31.1 Å². The lowest BCUT2D eigenvalue weighted by molar-refractivity contribution is 0.0240. The Morgan fingerprint density at radius 1 is 1.32 bits per heavy atom. The minimum absolute atomic E-state index is 0.283. The van der Waals surface area contributed by atoms with E-state index in [0.29, 0.717) is 38.4 Å². The molecule has 0 aromatic heterocycles. The van der Waals surface area contributed by atoms with Crippen molar-refractivity contribution >= 4 is 17.5 Å². The lowest BCUT2D eigenvalue weighted by Gasteiger charge is -2.37. The Kier molecular flexibility index (Phi) is 5.77. The molecule has 1 heterocycles. The molecule has 1 aromatic rings. The summed E-state index contributed by atoms with van der Waals surface area (Å²) in [6, 6.07) is 3.69. The van der Waals surface area contributed by atoms with Crippen LogP contribution in [0.25, 0.3) is 10.4 Å². The number of azide groups is 1. The van der Waals surface area contributed by atoms with Gasteiger partial charge in [-0.05, 0) is 56.5 Å². The summed E-state index contributed by atoms with van der Waals surface area (Å²) in [5.41, 5.74) is 17.6. The van der Waals surface area contributed by atoms with Crippen LogP contribution in [0.2, 0.25) is 0 Å². The van der Waals surface area contributed by atoms with Gasteiger partial charge in [0.05, 0.1) is 0 Å². The normalized spacial score (nSPS) is 14.9. The average Bonchev–Trinajstić information content (AvgIpc) is 2.55. The van der Waals surface area contributed by atoms with Gasteiger partial charge >= 0.3 is 6.09 Å². The number of hydrogen-bond donors (Lipinski definition) is 1. The molecule has 0 bridgehead atoms. The lowest BCUT2D eigenvalue weighted by Crippen LogP contribution is -2.50. The van der Waals surface area contributed by atoms with Crippen LogP contribution in [0.1, 0.15) is 31.9 Å². The highest BCUT2D eigenvalue weighted by Gasteiger charge is 2.26. The van der Waals surface area contributed by atoms with Crippen LogP contribution < -0.4 is 10.6 Å². The number of carbonyl (C=O) groups excluding carboxylic acids is 1.